The van der Waals surface area contributed by atoms with E-state index in [1.807, 2.05) is 25.1 Å². The van der Waals surface area contributed by atoms with Crippen molar-refractivity contribution in [2.24, 2.45) is 0 Å². The fraction of sp³-hybridized carbons (Fsp3) is 0.0588. The maximum absolute atomic E-state index is 4.03. The Balaban J connectivity index is 2.28. The minimum absolute atomic E-state index is 1.05. The highest BCUT2D eigenvalue weighted by molar-refractivity contribution is 5.74. The highest BCUT2D eigenvalue weighted by atomic mass is 14.0. The van der Waals surface area contributed by atoms with Crippen LogP contribution in [0.4, 0.5) is 0 Å². The maximum atomic E-state index is 4.03. The highest BCUT2D eigenvalue weighted by Crippen LogP contribution is 2.22. The second-order valence-electron chi connectivity index (χ2n) is 3.97. The van der Waals surface area contributed by atoms with E-state index in [0.717, 1.165) is 5.57 Å². The van der Waals surface area contributed by atoms with Gasteiger partial charge in [0.25, 0.3) is 0 Å². The van der Waals surface area contributed by atoms with Gasteiger partial charge in [-0.2, -0.15) is 0 Å². The Bertz CT molecular complexity index is 516. The molecule has 0 saturated carbocycles. The average Bonchev–Trinajstić information content (AvgIpc) is 2.40. The molecule has 84 valence electrons. The quantitative estimate of drug-likeness (QED) is 0.642. The summed E-state index contributed by atoms with van der Waals surface area (Å²) in [7, 11) is 0. The van der Waals surface area contributed by atoms with Crippen LogP contribution in [0.25, 0.3) is 16.7 Å². The topological polar surface area (TPSA) is 0 Å². The van der Waals surface area contributed by atoms with E-state index in [2.05, 4.69) is 55.1 Å². The molecule has 0 atom stereocenters. The van der Waals surface area contributed by atoms with Crippen LogP contribution in [-0.2, 0) is 0 Å². The summed E-state index contributed by atoms with van der Waals surface area (Å²) in [6.07, 6.45) is 4.03. The molecule has 0 aliphatic rings. The van der Waals surface area contributed by atoms with E-state index in [1.165, 1.54) is 16.7 Å². The van der Waals surface area contributed by atoms with Gasteiger partial charge in [-0.05, 0) is 29.2 Å². The highest BCUT2D eigenvalue weighted by Gasteiger charge is 1.98. The maximum Gasteiger partial charge on any atom is -0.0184 e. The van der Waals surface area contributed by atoms with Gasteiger partial charge in [0.05, 0.1) is 0 Å². The summed E-state index contributed by atoms with van der Waals surface area (Å²) in [6.45, 7) is 6.03. The smallest absolute Gasteiger partial charge is 0.0184 e. The molecule has 0 heteroatoms. The number of benzene rings is 2. The van der Waals surface area contributed by atoms with Gasteiger partial charge in [-0.3, -0.25) is 0 Å². The lowest BCUT2D eigenvalue weighted by Gasteiger charge is -2.04. The Kier molecular flexibility index (Phi) is 3.56. The predicted octanol–water partition coefficient (Wildman–Crippen LogP) is 4.94. The van der Waals surface area contributed by atoms with E-state index < -0.39 is 0 Å². The minimum Gasteiger partial charge on any atom is -0.0912 e. The molecule has 0 fully saturated rings. The van der Waals surface area contributed by atoms with Gasteiger partial charge in [0.15, 0.2) is 0 Å². The molecule has 0 aliphatic heterocycles. The van der Waals surface area contributed by atoms with Crippen molar-refractivity contribution in [2.45, 2.75) is 6.92 Å². The van der Waals surface area contributed by atoms with E-state index in [9.17, 15) is 0 Å². The minimum atomic E-state index is 1.05. The van der Waals surface area contributed by atoms with Gasteiger partial charge in [0.1, 0.15) is 0 Å². The van der Waals surface area contributed by atoms with Crippen molar-refractivity contribution >= 4 is 5.57 Å². The van der Waals surface area contributed by atoms with Crippen molar-refractivity contribution in [3.8, 4) is 11.1 Å². The molecule has 2 rings (SSSR count). The molecule has 0 unspecified atom stereocenters. The van der Waals surface area contributed by atoms with E-state index in [0.29, 0.717) is 0 Å². The van der Waals surface area contributed by atoms with Crippen molar-refractivity contribution in [1.29, 1.82) is 0 Å². The van der Waals surface area contributed by atoms with Crippen LogP contribution < -0.4 is 0 Å². The first kappa shape index (κ1) is 11.4. The molecule has 0 N–H and O–H groups in total. The number of allylic oxidation sites excluding steroid dienone is 3. The zero-order chi connectivity index (χ0) is 12.1. The number of hydrogen-bond donors (Lipinski definition) is 0. The molecule has 0 saturated heterocycles. The Hall–Kier alpha value is -2.08. The fourth-order valence-corrected chi connectivity index (χ4v) is 1.80. The van der Waals surface area contributed by atoms with Crippen LogP contribution in [0.3, 0.4) is 0 Å². The summed E-state index contributed by atoms with van der Waals surface area (Å²) < 4.78 is 0. The normalized spacial score (nSPS) is 10.6. The summed E-state index contributed by atoms with van der Waals surface area (Å²) in [5, 5.41) is 0. The fourth-order valence-electron chi connectivity index (χ4n) is 1.80. The summed E-state index contributed by atoms with van der Waals surface area (Å²) in [4.78, 5) is 0. The van der Waals surface area contributed by atoms with E-state index in [1.54, 1.807) is 0 Å². The third-order valence-corrected chi connectivity index (χ3v) is 2.73. The molecular formula is C17H16. The molecule has 0 amide bonds. The zero-order valence-corrected chi connectivity index (χ0v) is 10.1. The van der Waals surface area contributed by atoms with Crippen molar-refractivity contribution in [2.75, 3.05) is 0 Å². The van der Waals surface area contributed by atoms with Gasteiger partial charge >= 0.3 is 0 Å². The predicted molar refractivity (Wildman–Crippen MR) is 75.7 cm³/mol. The third-order valence-electron chi connectivity index (χ3n) is 2.73. The molecule has 17 heavy (non-hydrogen) atoms. The first-order chi connectivity index (χ1) is 8.31. The molecule has 2 aromatic rings. The van der Waals surface area contributed by atoms with Gasteiger partial charge < -0.3 is 0 Å². The van der Waals surface area contributed by atoms with Crippen molar-refractivity contribution < 1.29 is 0 Å². The lowest BCUT2D eigenvalue weighted by atomic mass is 10.0. The SMILES string of the molecule is C=C(/C=C/C)c1ccc(-c2ccccc2)cc1. The van der Waals surface area contributed by atoms with Crippen LogP contribution in [0.1, 0.15) is 12.5 Å². The van der Waals surface area contributed by atoms with Crippen molar-refractivity contribution in [3.63, 3.8) is 0 Å². The average molecular weight is 220 g/mol. The van der Waals surface area contributed by atoms with Gasteiger partial charge in [0.2, 0.25) is 0 Å². The first-order valence-electron chi connectivity index (χ1n) is 5.78. The molecule has 0 nitrogen and oxygen atoms in total. The lowest BCUT2D eigenvalue weighted by Crippen LogP contribution is -1.81. The van der Waals surface area contributed by atoms with Crippen LogP contribution in [0.15, 0.2) is 73.3 Å². The second kappa shape index (κ2) is 5.31. The van der Waals surface area contributed by atoms with Crippen LogP contribution in [-0.4, -0.2) is 0 Å². The van der Waals surface area contributed by atoms with Gasteiger partial charge in [-0.1, -0.05) is 73.3 Å². The molecule has 0 aromatic heterocycles. The number of rotatable bonds is 3. The Morgan fingerprint density at radius 1 is 0.882 bits per heavy atom. The summed E-state index contributed by atoms with van der Waals surface area (Å²) >= 11 is 0. The molecule has 0 radical (unpaired) electrons. The second-order valence-corrected chi connectivity index (χ2v) is 3.97. The first-order valence-corrected chi connectivity index (χ1v) is 5.78. The Morgan fingerprint density at radius 2 is 1.47 bits per heavy atom. The summed E-state index contributed by atoms with van der Waals surface area (Å²) in [6, 6.07) is 18.9. The van der Waals surface area contributed by atoms with Gasteiger partial charge in [0, 0.05) is 0 Å². The van der Waals surface area contributed by atoms with E-state index in [-0.39, 0.29) is 0 Å². The summed E-state index contributed by atoms with van der Waals surface area (Å²) in [5.74, 6) is 0. The van der Waals surface area contributed by atoms with E-state index >= 15 is 0 Å². The molecular weight excluding hydrogens is 204 g/mol. The zero-order valence-electron chi connectivity index (χ0n) is 10.1. The number of hydrogen-bond acceptors (Lipinski definition) is 0. The third kappa shape index (κ3) is 2.73. The monoisotopic (exact) mass is 220 g/mol. The van der Waals surface area contributed by atoms with Gasteiger partial charge in [-0.15, -0.1) is 0 Å². The molecule has 2 aromatic carbocycles. The van der Waals surface area contributed by atoms with Crippen molar-refractivity contribution in [1.82, 2.24) is 0 Å². The van der Waals surface area contributed by atoms with Crippen LogP contribution >= 0.6 is 0 Å². The molecule has 0 bridgehead atoms. The lowest BCUT2D eigenvalue weighted by molar-refractivity contribution is 1.58. The Labute approximate surface area is 103 Å². The molecule has 0 aliphatic carbocycles. The standard InChI is InChI=1S/C17H16/c1-3-7-14(2)15-10-12-17(13-11-15)16-8-5-4-6-9-16/h3-13H,2H2,1H3/b7-3+. The Morgan fingerprint density at radius 3 is 2.06 bits per heavy atom. The van der Waals surface area contributed by atoms with Gasteiger partial charge in [-0.25, -0.2) is 0 Å². The van der Waals surface area contributed by atoms with E-state index in [4.69, 9.17) is 0 Å². The van der Waals surface area contributed by atoms with Crippen LogP contribution in [0, 0.1) is 0 Å². The molecule has 0 heterocycles. The van der Waals surface area contributed by atoms with Crippen LogP contribution in [0.2, 0.25) is 0 Å². The van der Waals surface area contributed by atoms with Crippen LogP contribution in [0.5, 0.6) is 0 Å². The molecule has 0 spiro atoms. The largest absolute Gasteiger partial charge is 0.0912 e. The van der Waals surface area contributed by atoms with Crippen molar-refractivity contribution in [3.05, 3.63) is 78.9 Å². The summed E-state index contributed by atoms with van der Waals surface area (Å²) in [5.41, 5.74) is 4.70.